The van der Waals surface area contributed by atoms with Crippen LogP contribution in [-0.4, -0.2) is 35.9 Å². The van der Waals surface area contributed by atoms with E-state index >= 15 is 0 Å². The Morgan fingerprint density at radius 3 is 1.86 bits per heavy atom. The molecule has 2 amide bonds. The van der Waals surface area contributed by atoms with Gasteiger partial charge in [0.2, 0.25) is 0 Å². The van der Waals surface area contributed by atoms with Crippen molar-refractivity contribution in [3.05, 3.63) is 58.6 Å². The first-order chi connectivity index (χ1) is 10.5. The molecule has 0 fully saturated rings. The highest BCUT2D eigenvalue weighted by Gasteiger charge is 2.03. The lowest BCUT2D eigenvalue weighted by Gasteiger charge is -1.98. The lowest BCUT2D eigenvalue weighted by molar-refractivity contribution is 0.0950. The Hall–Kier alpha value is -2.47. The van der Waals surface area contributed by atoms with E-state index in [0.717, 1.165) is 5.69 Å². The van der Waals surface area contributed by atoms with Crippen molar-refractivity contribution in [3.8, 4) is 0 Å². The Morgan fingerprint density at radius 1 is 0.909 bits per heavy atom. The second kappa shape index (κ2) is 8.74. The molecule has 0 saturated heterocycles. The second-order valence-electron chi connectivity index (χ2n) is 4.17. The zero-order valence-electron chi connectivity index (χ0n) is 12.6. The molecule has 0 radical (unpaired) electrons. The maximum Gasteiger partial charge on any atom is 0.269 e. The molecule has 0 aromatic carbocycles. The van der Waals surface area contributed by atoms with Crippen molar-refractivity contribution >= 4 is 23.4 Å². The lowest BCUT2D eigenvalue weighted by atomic mass is 10.3. The number of carbonyl (C=O) groups is 2. The highest BCUT2D eigenvalue weighted by molar-refractivity contribution is 6.29. The quantitative estimate of drug-likeness (QED) is 0.827. The highest BCUT2D eigenvalue weighted by atomic mass is 35.5. The molecule has 2 aromatic rings. The van der Waals surface area contributed by atoms with Crippen molar-refractivity contribution in [2.24, 2.45) is 0 Å². The largest absolute Gasteiger partial charge is 0.354 e. The van der Waals surface area contributed by atoms with Crippen molar-refractivity contribution in [2.45, 2.75) is 6.92 Å². The first kappa shape index (κ1) is 17.6. The van der Waals surface area contributed by atoms with Gasteiger partial charge in [0.05, 0.1) is 0 Å². The minimum absolute atomic E-state index is 0.145. The van der Waals surface area contributed by atoms with E-state index in [4.69, 9.17) is 11.6 Å². The Kier molecular flexibility index (Phi) is 6.98. The van der Waals surface area contributed by atoms with Crippen LogP contribution in [0.4, 0.5) is 0 Å². The summed E-state index contributed by atoms with van der Waals surface area (Å²) < 4.78 is 0. The molecule has 0 bridgehead atoms. The smallest absolute Gasteiger partial charge is 0.269 e. The number of aromatic nitrogens is 2. The van der Waals surface area contributed by atoms with E-state index in [0.29, 0.717) is 16.5 Å². The number of hydrogen-bond donors (Lipinski definition) is 2. The number of nitrogens with zero attached hydrogens (tertiary/aromatic N) is 2. The zero-order chi connectivity index (χ0) is 16.5. The lowest BCUT2D eigenvalue weighted by Crippen LogP contribution is -2.19. The Balaban J connectivity index is 0.000000220. The van der Waals surface area contributed by atoms with E-state index in [1.807, 2.05) is 19.1 Å². The fourth-order valence-electron chi connectivity index (χ4n) is 1.46. The first-order valence-electron chi connectivity index (χ1n) is 6.48. The van der Waals surface area contributed by atoms with Crippen molar-refractivity contribution in [2.75, 3.05) is 14.1 Å². The molecule has 0 aliphatic rings. The Bertz CT molecular complexity index is 604. The minimum Gasteiger partial charge on any atom is -0.354 e. The van der Waals surface area contributed by atoms with Crippen LogP contribution in [-0.2, 0) is 0 Å². The molecule has 0 aliphatic carbocycles. The number of nitrogens with one attached hydrogen (secondary N) is 2. The van der Waals surface area contributed by atoms with E-state index in [1.165, 1.54) is 0 Å². The topological polar surface area (TPSA) is 84.0 Å². The first-order valence-corrected chi connectivity index (χ1v) is 6.86. The summed E-state index contributed by atoms with van der Waals surface area (Å²) in [6.07, 6.45) is 0. The van der Waals surface area contributed by atoms with Gasteiger partial charge in [-0.05, 0) is 31.2 Å². The van der Waals surface area contributed by atoms with Crippen LogP contribution in [0.1, 0.15) is 26.7 Å². The molecular formula is C15H17ClN4O2. The summed E-state index contributed by atoms with van der Waals surface area (Å²) in [7, 11) is 3.14. The normalized spacial score (nSPS) is 9.27. The second-order valence-corrected chi connectivity index (χ2v) is 4.56. The van der Waals surface area contributed by atoms with Crippen molar-refractivity contribution in [1.29, 1.82) is 0 Å². The van der Waals surface area contributed by atoms with Gasteiger partial charge in [0.1, 0.15) is 16.5 Å². The van der Waals surface area contributed by atoms with Gasteiger partial charge >= 0.3 is 0 Å². The Morgan fingerprint density at radius 2 is 1.41 bits per heavy atom. The predicted molar refractivity (Wildman–Crippen MR) is 85.0 cm³/mol. The maximum atomic E-state index is 11.0. The average molecular weight is 321 g/mol. The number of aryl methyl sites for hydroxylation is 1. The van der Waals surface area contributed by atoms with E-state index < -0.39 is 0 Å². The fraction of sp³-hybridized carbons (Fsp3) is 0.200. The van der Waals surface area contributed by atoms with Crippen LogP contribution >= 0.6 is 11.6 Å². The van der Waals surface area contributed by atoms with Crippen LogP contribution in [0.3, 0.4) is 0 Å². The van der Waals surface area contributed by atoms with E-state index in [1.54, 1.807) is 38.4 Å². The summed E-state index contributed by atoms with van der Waals surface area (Å²) >= 11 is 5.55. The highest BCUT2D eigenvalue weighted by Crippen LogP contribution is 2.04. The number of pyridine rings is 2. The van der Waals surface area contributed by atoms with Gasteiger partial charge in [-0.15, -0.1) is 0 Å². The third-order valence-corrected chi connectivity index (χ3v) is 2.73. The van der Waals surface area contributed by atoms with E-state index in [9.17, 15) is 9.59 Å². The van der Waals surface area contributed by atoms with Crippen LogP contribution in [0.25, 0.3) is 0 Å². The Labute approximate surface area is 133 Å². The summed E-state index contributed by atoms with van der Waals surface area (Å²) in [6.45, 7) is 1.85. The summed E-state index contributed by atoms with van der Waals surface area (Å²) in [5.41, 5.74) is 1.65. The molecule has 2 aromatic heterocycles. The molecule has 2 N–H and O–H groups in total. The monoisotopic (exact) mass is 320 g/mol. The van der Waals surface area contributed by atoms with Gasteiger partial charge in [0.15, 0.2) is 0 Å². The summed E-state index contributed by atoms with van der Waals surface area (Å²) in [5.74, 6) is -0.374. The van der Waals surface area contributed by atoms with Crippen LogP contribution in [0.15, 0.2) is 36.4 Å². The van der Waals surface area contributed by atoms with Crippen molar-refractivity contribution in [3.63, 3.8) is 0 Å². The number of halogens is 1. The van der Waals surface area contributed by atoms with Gasteiger partial charge in [0.25, 0.3) is 11.8 Å². The third kappa shape index (κ3) is 5.49. The molecule has 0 atom stereocenters. The molecule has 2 rings (SSSR count). The number of rotatable bonds is 2. The van der Waals surface area contributed by atoms with Gasteiger partial charge in [-0.25, -0.2) is 9.97 Å². The molecule has 116 valence electrons. The average Bonchev–Trinajstić information content (AvgIpc) is 2.54. The van der Waals surface area contributed by atoms with Crippen LogP contribution in [0, 0.1) is 6.92 Å². The van der Waals surface area contributed by atoms with Gasteiger partial charge in [-0.3, -0.25) is 9.59 Å². The number of hydrogen-bond acceptors (Lipinski definition) is 4. The SMILES string of the molecule is CNC(=O)c1cccc(C)n1.CNC(=O)c1cccc(Cl)n1. The van der Waals surface area contributed by atoms with Gasteiger partial charge in [-0.1, -0.05) is 23.7 Å². The van der Waals surface area contributed by atoms with Crippen LogP contribution in [0.5, 0.6) is 0 Å². The summed E-state index contributed by atoms with van der Waals surface area (Å²) in [5, 5.41) is 5.28. The van der Waals surface area contributed by atoms with Crippen LogP contribution < -0.4 is 10.6 Å². The van der Waals surface area contributed by atoms with Gasteiger partial charge in [-0.2, -0.15) is 0 Å². The maximum absolute atomic E-state index is 11.0. The predicted octanol–water partition coefficient (Wildman–Crippen LogP) is 1.84. The molecular weight excluding hydrogens is 304 g/mol. The fourth-order valence-corrected chi connectivity index (χ4v) is 1.62. The number of amides is 2. The molecule has 0 saturated carbocycles. The standard InChI is InChI=1S/C8H10N2O.C7H7ClN2O/c1-6-4-3-5-7(10-6)8(11)9-2;1-9-7(11)5-3-2-4-6(8)10-5/h3-5H,1-2H3,(H,9,11);2-4H,1H3,(H,9,11). The van der Waals surface area contributed by atoms with Gasteiger partial charge < -0.3 is 10.6 Å². The van der Waals surface area contributed by atoms with Crippen molar-refractivity contribution < 1.29 is 9.59 Å². The molecule has 0 aliphatic heterocycles. The van der Waals surface area contributed by atoms with Crippen molar-refractivity contribution in [1.82, 2.24) is 20.6 Å². The molecule has 0 spiro atoms. The molecule has 0 unspecified atom stereocenters. The third-order valence-electron chi connectivity index (χ3n) is 2.52. The molecule has 2 heterocycles. The van der Waals surface area contributed by atoms with Crippen LogP contribution in [0.2, 0.25) is 5.15 Å². The molecule has 22 heavy (non-hydrogen) atoms. The molecule has 7 heteroatoms. The van der Waals surface area contributed by atoms with Gasteiger partial charge in [0, 0.05) is 19.8 Å². The molecule has 6 nitrogen and oxygen atoms in total. The summed E-state index contributed by atoms with van der Waals surface area (Å²) in [4.78, 5) is 29.8. The number of carbonyl (C=O) groups excluding carboxylic acids is 2. The minimum atomic E-state index is -0.229. The van der Waals surface area contributed by atoms with E-state index in [-0.39, 0.29) is 11.8 Å². The van der Waals surface area contributed by atoms with E-state index in [2.05, 4.69) is 20.6 Å². The summed E-state index contributed by atoms with van der Waals surface area (Å²) in [6, 6.07) is 10.3. The zero-order valence-corrected chi connectivity index (χ0v) is 13.3.